The Morgan fingerprint density at radius 3 is 2.59 bits per heavy atom. The third kappa shape index (κ3) is 3.87. The van der Waals surface area contributed by atoms with E-state index in [2.05, 4.69) is 49.0 Å². The number of fused-ring (bicyclic) bond motifs is 1. The molecule has 1 aliphatic carbocycles. The van der Waals surface area contributed by atoms with E-state index in [1.165, 1.54) is 18.5 Å². The molecule has 0 N–H and O–H groups in total. The number of piperazine rings is 1. The highest BCUT2D eigenvalue weighted by molar-refractivity contribution is 5.91. The fourth-order valence-electron chi connectivity index (χ4n) is 4.02. The Bertz CT molecular complexity index is 1010. The number of rotatable bonds is 5. The number of anilines is 2. The van der Waals surface area contributed by atoms with Gasteiger partial charge in [0, 0.05) is 70.0 Å². The number of hydrogen-bond donors (Lipinski definition) is 0. The van der Waals surface area contributed by atoms with Gasteiger partial charge in [0.2, 0.25) is 0 Å². The van der Waals surface area contributed by atoms with Gasteiger partial charge >= 0.3 is 0 Å². The van der Waals surface area contributed by atoms with Crippen molar-refractivity contribution in [2.45, 2.75) is 25.3 Å². The highest BCUT2D eigenvalue weighted by Gasteiger charge is 2.27. The van der Waals surface area contributed by atoms with Gasteiger partial charge in [-0.25, -0.2) is 19.9 Å². The van der Waals surface area contributed by atoms with Crippen LogP contribution in [0.1, 0.15) is 30.3 Å². The van der Waals surface area contributed by atoms with Gasteiger partial charge in [0.15, 0.2) is 0 Å². The Labute approximate surface area is 171 Å². The van der Waals surface area contributed by atoms with Crippen LogP contribution in [0.5, 0.6) is 0 Å². The monoisotopic (exact) mass is 389 g/mol. The maximum absolute atomic E-state index is 4.78. The van der Waals surface area contributed by atoms with E-state index < -0.39 is 0 Å². The van der Waals surface area contributed by atoms with E-state index in [-0.39, 0.29) is 0 Å². The highest BCUT2D eigenvalue weighted by Crippen LogP contribution is 2.37. The molecular weight excluding hydrogens is 362 g/mol. The Balaban J connectivity index is 1.27. The fourth-order valence-corrected chi connectivity index (χ4v) is 4.02. The molecule has 3 heterocycles. The first kappa shape index (κ1) is 18.2. The van der Waals surface area contributed by atoms with Gasteiger partial charge in [-0.05, 0) is 37.1 Å². The zero-order valence-electron chi connectivity index (χ0n) is 17.1. The normalized spacial score (nSPS) is 17.7. The standard InChI is InChI=1S/C22H27N7/c1-27(2)22-19-13-18(5-6-20(19)24-15-25-22)29-11-9-28(10-12-29)14-17-7-8-23-21(26-17)16-3-4-16/h5-8,13,15-16H,3-4,9-12,14H2,1-2H3. The number of aromatic nitrogens is 4. The number of nitrogens with zero attached hydrogens (tertiary/aromatic N) is 7. The molecule has 7 heteroatoms. The predicted molar refractivity (Wildman–Crippen MR) is 115 cm³/mol. The van der Waals surface area contributed by atoms with Crippen molar-refractivity contribution in [3.8, 4) is 0 Å². The summed E-state index contributed by atoms with van der Waals surface area (Å²) in [6.07, 6.45) is 6.05. The predicted octanol–water partition coefficient (Wildman–Crippen LogP) is 2.69. The average Bonchev–Trinajstić information content (AvgIpc) is 3.59. The highest BCUT2D eigenvalue weighted by atomic mass is 15.3. The van der Waals surface area contributed by atoms with Gasteiger partial charge in [-0.1, -0.05) is 0 Å². The van der Waals surface area contributed by atoms with Crippen LogP contribution in [0.25, 0.3) is 10.9 Å². The minimum atomic E-state index is 0.607. The smallest absolute Gasteiger partial charge is 0.139 e. The van der Waals surface area contributed by atoms with E-state index in [0.29, 0.717) is 5.92 Å². The SMILES string of the molecule is CN(C)c1ncnc2ccc(N3CCN(Cc4ccnc(C5CC5)n4)CC3)cc12. The maximum Gasteiger partial charge on any atom is 0.139 e. The van der Waals surface area contributed by atoms with E-state index in [9.17, 15) is 0 Å². The largest absolute Gasteiger partial charge is 0.369 e. The van der Waals surface area contributed by atoms with Gasteiger partial charge in [0.25, 0.3) is 0 Å². The summed E-state index contributed by atoms with van der Waals surface area (Å²) < 4.78 is 0. The van der Waals surface area contributed by atoms with Crippen LogP contribution < -0.4 is 9.80 Å². The Hall–Kier alpha value is -2.80. The van der Waals surface area contributed by atoms with Crippen LogP contribution in [-0.2, 0) is 6.54 Å². The third-order valence-electron chi connectivity index (χ3n) is 5.82. The lowest BCUT2D eigenvalue weighted by atomic mass is 10.1. The molecular formula is C22H27N7. The van der Waals surface area contributed by atoms with Gasteiger partial charge in [-0.2, -0.15) is 0 Å². The first-order valence-corrected chi connectivity index (χ1v) is 10.4. The molecule has 1 aliphatic heterocycles. The van der Waals surface area contributed by atoms with Crippen molar-refractivity contribution in [2.24, 2.45) is 0 Å². The van der Waals surface area contributed by atoms with Crippen LogP contribution in [0.3, 0.4) is 0 Å². The van der Waals surface area contributed by atoms with Crippen molar-refractivity contribution in [3.05, 3.63) is 48.3 Å². The van der Waals surface area contributed by atoms with E-state index in [0.717, 1.165) is 61.0 Å². The molecule has 0 amide bonds. The molecule has 1 saturated heterocycles. The Morgan fingerprint density at radius 1 is 1.00 bits per heavy atom. The molecule has 2 fully saturated rings. The maximum atomic E-state index is 4.78. The first-order valence-electron chi connectivity index (χ1n) is 10.4. The minimum Gasteiger partial charge on any atom is -0.369 e. The van der Waals surface area contributed by atoms with E-state index in [4.69, 9.17) is 4.98 Å². The summed E-state index contributed by atoms with van der Waals surface area (Å²) in [5.74, 6) is 2.61. The second-order valence-corrected chi connectivity index (χ2v) is 8.24. The van der Waals surface area contributed by atoms with Crippen LogP contribution in [-0.4, -0.2) is 65.1 Å². The lowest BCUT2D eigenvalue weighted by molar-refractivity contribution is 0.247. The molecule has 0 bridgehead atoms. The van der Waals surface area contributed by atoms with Crippen molar-refractivity contribution in [3.63, 3.8) is 0 Å². The van der Waals surface area contributed by atoms with E-state index in [1.54, 1.807) is 6.33 Å². The Morgan fingerprint density at radius 2 is 1.83 bits per heavy atom. The lowest BCUT2D eigenvalue weighted by Crippen LogP contribution is -2.46. The second-order valence-electron chi connectivity index (χ2n) is 8.24. The van der Waals surface area contributed by atoms with Crippen LogP contribution in [0.4, 0.5) is 11.5 Å². The zero-order chi connectivity index (χ0) is 19.8. The summed E-state index contributed by atoms with van der Waals surface area (Å²) in [5.41, 5.74) is 3.38. The van der Waals surface area contributed by atoms with E-state index >= 15 is 0 Å². The van der Waals surface area contributed by atoms with Crippen LogP contribution in [0.15, 0.2) is 36.8 Å². The number of benzene rings is 1. The molecule has 150 valence electrons. The summed E-state index contributed by atoms with van der Waals surface area (Å²) in [5, 5.41) is 1.10. The summed E-state index contributed by atoms with van der Waals surface area (Å²) in [4.78, 5) is 25.1. The second kappa shape index (κ2) is 7.55. The summed E-state index contributed by atoms with van der Waals surface area (Å²) >= 11 is 0. The molecule has 5 rings (SSSR count). The molecule has 2 aromatic heterocycles. The average molecular weight is 390 g/mol. The molecule has 3 aromatic rings. The van der Waals surface area contributed by atoms with Crippen molar-refractivity contribution in [2.75, 3.05) is 50.1 Å². The van der Waals surface area contributed by atoms with Gasteiger partial charge < -0.3 is 9.80 Å². The van der Waals surface area contributed by atoms with Crippen molar-refractivity contribution in [1.29, 1.82) is 0 Å². The molecule has 0 atom stereocenters. The van der Waals surface area contributed by atoms with Crippen LogP contribution >= 0.6 is 0 Å². The van der Waals surface area contributed by atoms with Gasteiger partial charge in [0.05, 0.1) is 11.2 Å². The topological polar surface area (TPSA) is 61.3 Å². The summed E-state index contributed by atoms with van der Waals surface area (Å²) in [7, 11) is 4.05. The molecule has 0 unspecified atom stereocenters. The number of hydrogen-bond acceptors (Lipinski definition) is 7. The lowest BCUT2D eigenvalue weighted by Gasteiger charge is -2.36. The molecule has 29 heavy (non-hydrogen) atoms. The van der Waals surface area contributed by atoms with Gasteiger partial charge in [-0.3, -0.25) is 4.90 Å². The minimum absolute atomic E-state index is 0.607. The molecule has 2 aliphatic rings. The molecule has 0 radical (unpaired) electrons. The molecule has 1 saturated carbocycles. The van der Waals surface area contributed by atoms with Crippen molar-refractivity contribution < 1.29 is 0 Å². The van der Waals surface area contributed by atoms with Crippen molar-refractivity contribution >= 4 is 22.4 Å². The molecule has 7 nitrogen and oxygen atoms in total. The zero-order valence-corrected chi connectivity index (χ0v) is 17.1. The van der Waals surface area contributed by atoms with Gasteiger partial charge in [-0.15, -0.1) is 0 Å². The first-order chi connectivity index (χ1) is 14.2. The quantitative estimate of drug-likeness (QED) is 0.665. The third-order valence-corrected chi connectivity index (χ3v) is 5.82. The summed E-state index contributed by atoms with van der Waals surface area (Å²) in [6, 6.07) is 8.57. The van der Waals surface area contributed by atoms with Crippen molar-refractivity contribution in [1.82, 2.24) is 24.8 Å². The van der Waals surface area contributed by atoms with Gasteiger partial charge in [0.1, 0.15) is 18.0 Å². The Kier molecular flexibility index (Phi) is 4.75. The molecule has 1 aromatic carbocycles. The van der Waals surface area contributed by atoms with Crippen LogP contribution in [0.2, 0.25) is 0 Å². The van der Waals surface area contributed by atoms with E-state index in [1.807, 2.05) is 25.2 Å². The van der Waals surface area contributed by atoms with Crippen LogP contribution in [0, 0.1) is 0 Å². The molecule has 0 spiro atoms. The fraction of sp³-hybridized carbons (Fsp3) is 0.455. The summed E-state index contributed by atoms with van der Waals surface area (Å²) in [6.45, 7) is 5.00.